The normalized spacial score (nSPS) is 20.8. The molecule has 3 aromatic carbocycles. The molecule has 8 nitrogen and oxygen atoms in total. The topological polar surface area (TPSA) is 86.3 Å². The zero-order valence-corrected chi connectivity index (χ0v) is 22.1. The molecule has 0 aliphatic carbocycles. The highest BCUT2D eigenvalue weighted by Gasteiger charge is 2.46. The van der Waals surface area contributed by atoms with Gasteiger partial charge >= 0.3 is 0 Å². The highest BCUT2D eigenvalue weighted by Crippen LogP contribution is 2.48. The highest BCUT2D eigenvalue weighted by atomic mass is 16.6. The first-order chi connectivity index (χ1) is 19.1. The van der Waals surface area contributed by atoms with Crippen molar-refractivity contribution in [2.45, 2.75) is 38.3 Å². The third kappa shape index (κ3) is 4.54. The van der Waals surface area contributed by atoms with Crippen LogP contribution in [0.4, 0.5) is 0 Å². The van der Waals surface area contributed by atoms with Gasteiger partial charge in [0.1, 0.15) is 12.7 Å². The lowest BCUT2D eigenvalue weighted by molar-refractivity contribution is -0.124. The molecule has 3 heterocycles. The summed E-state index contributed by atoms with van der Waals surface area (Å²) in [5, 5.41) is 3.11. The van der Waals surface area contributed by atoms with Gasteiger partial charge in [-0.1, -0.05) is 30.3 Å². The maximum atomic E-state index is 14.0. The minimum Gasteiger partial charge on any atom is -0.490 e. The van der Waals surface area contributed by atoms with E-state index in [0.717, 1.165) is 16.7 Å². The highest BCUT2D eigenvalue weighted by molar-refractivity contribution is 6.01. The van der Waals surface area contributed by atoms with Gasteiger partial charge in [-0.15, -0.1) is 0 Å². The molecule has 0 saturated heterocycles. The first kappa shape index (κ1) is 25.1. The molecule has 39 heavy (non-hydrogen) atoms. The number of benzene rings is 3. The van der Waals surface area contributed by atoms with Crippen molar-refractivity contribution in [2.24, 2.45) is 0 Å². The number of para-hydroxylation sites is 2. The molecule has 3 aliphatic rings. The third-order valence-electron chi connectivity index (χ3n) is 7.54. The Bertz CT molecular complexity index is 1410. The zero-order chi connectivity index (χ0) is 26.9. The predicted octanol–water partition coefficient (Wildman–Crippen LogP) is 4.28. The fourth-order valence-corrected chi connectivity index (χ4v) is 5.84. The van der Waals surface area contributed by atoms with Crippen molar-refractivity contribution < 1.29 is 28.5 Å². The van der Waals surface area contributed by atoms with E-state index < -0.39 is 12.0 Å². The quantitative estimate of drug-likeness (QED) is 0.493. The van der Waals surface area contributed by atoms with Crippen LogP contribution in [0.2, 0.25) is 0 Å². The molecule has 1 N–H and O–H groups in total. The summed E-state index contributed by atoms with van der Waals surface area (Å²) in [6.45, 7) is 6.00. The first-order valence-corrected chi connectivity index (χ1v) is 13.6. The Hall–Kier alpha value is -4.20. The van der Waals surface area contributed by atoms with Gasteiger partial charge in [0, 0.05) is 12.1 Å². The lowest BCUT2D eigenvalue weighted by Crippen LogP contribution is -2.51. The number of carbonyl (C=O) groups is 2. The lowest BCUT2D eigenvalue weighted by Gasteiger charge is -2.45. The van der Waals surface area contributed by atoms with E-state index in [2.05, 4.69) is 5.32 Å². The minimum absolute atomic E-state index is 0.0576. The Labute approximate surface area is 227 Å². The Morgan fingerprint density at radius 1 is 0.974 bits per heavy atom. The summed E-state index contributed by atoms with van der Waals surface area (Å²) in [5.41, 5.74) is 3.28. The fraction of sp³-hybridized carbons (Fsp3) is 0.355. The van der Waals surface area contributed by atoms with Crippen molar-refractivity contribution in [3.8, 4) is 23.0 Å². The number of ether oxygens (including phenoxy) is 4. The Morgan fingerprint density at radius 3 is 2.49 bits per heavy atom. The summed E-state index contributed by atoms with van der Waals surface area (Å²) in [6, 6.07) is 18.4. The number of nitrogens with one attached hydrogen (secondary N) is 1. The molecule has 3 unspecified atom stereocenters. The smallest absolute Gasteiger partial charge is 0.254 e. The minimum atomic E-state index is -0.595. The third-order valence-corrected chi connectivity index (χ3v) is 7.54. The molecule has 0 fully saturated rings. The second kappa shape index (κ2) is 10.5. The molecule has 3 aromatic rings. The van der Waals surface area contributed by atoms with E-state index in [1.165, 1.54) is 0 Å². The largest absolute Gasteiger partial charge is 0.490 e. The van der Waals surface area contributed by atoms with Gasteiger partial charge in [-0.2, -0.15) is 0 Å². The zero-order valence-electron chi connectivity index (χ0n) is 22.1. The van der Waals surface area contributed by atoms with Gasteiger partial charge in [0.25, 0.3) is 5.91 Å². The monoisotopic (exact) mass is 528 g/mol. The molecular weight excluding hydrogens is 496 g/mol. The van der Waals surface area contributed by atoms with Crippen LogP contribution in [0.25, 0.3) is 0 Å². The number of fused-ring (bicyclic) bond motifs is 5. The maximum Gasteiger partial charge on any atom is 0.254 e. The number of nitrogens with zero attached hydrogens (tertiary/aromatic N) is 1. The van der Waals surface area contributed by atoms with E-state index in [9.17, 15) is 9.59 Å². The molecular formula is C31H32N2O6. The summed E-state index contributed by atoms with van der Waals surface area (Å²) < 4.78 is 23.7. The van der Waals surface area contributed by atoms with E-state index in [4.69, 9.17) is 18.9 Å². The average molecular weight is 529 g/mol. The van der Waals surface area contributed by atoms with Gasteiger partial charge in [0.2, 0.25) is 5.91 Å². The van der Waals surface area contributed by atoms with Crippen molar-refractivity contribution in [3.05, 3.63) is 82.9 Å². The van der Waals surface area contributed by atoms with E-state index in [0.29, 0.717) is 61.3 Å². The predicted molar refractivity (Wildman–Crippen MR) is 145 cm³/mol. The summed E-state index contributed by atoms with van der Waals surface area (Å²) in [5.74, 6) is 1.86. The van der Waals surface area contributed by atoms with Crippen LogP contribution in [0.1, 0.15) is 52.9 Å². The van der Waals surface area contributed by atoms with Crippen molar-refractivity contribution in [3.63, 3.8) is 0 Å². The SMILES string of the molecule is CCOc1cc2c(cc1OCC)C1C(C(=O)NCC3COc4ccccc4O3)c3ccccc3C(=O)N1CC2. The standard InChI is InChI=1S/C31H32N2O6/c1-3-36-26-15-19-13-14-33-29(23(19)16-27(26)37-4-2)28(21-9-5-6-10-22(21)31(33)35)30(34)32-17-20-18-38-24-11-7-8-12-25(24)39-20/h5-12,15-16,20,28-29H,3-4,13-14,17-18H2,1-2H3,(H,32,34). The van der Waals surface area contributed by atoms with Gasteiger partial charge in [0.15, 0.2) is 23.0 Å². The Morgan fingerprint density at radius 2 is 1.69 bits per heavy atom. The Balaban J connectivity index is 1.34. The van der Waals surface area contributed by atoms with E-state index in [-0.39, 0.29) is 24.5 Å². The van der Waals surface area contributed by atoms with Gasteiger partial charge in [-0.3, -0.25) is 9.59 Å². The fourth-order valence-electron chi connectivity index (χ4n) is 5.84. The van der Waals surface area contributed by atoms with Crippen LogP contribution in [0.3, 0.4) is 0 Å². The second-order valence-electron chi connectivity index (χ2n) is 9.86. The van der Waals surface area contributed by atoms with Crippen LogP contribution >= 0.6 is 0 Å². The first-order valence-electron chi connectivity index (χ1n) is 13.6. The second-order valence-corrected chi connectivity index (χ2v) is 9.86. The summed E-state index contributed by atoms with van der Waals surface area (Å²) in [6.07, 6.45) is 0.352. The number of rotatable bonds is 7. The van der Waals surface area contributed by atoms with Crippen LogP contribution in [-0.4, -0.2) is 55.7 Å². The molecule has 0 saturated carbocycles. The molecule has 202 valence electrons. The van der Waals surface area contributed by atoms with Crippen LogP contribution in [-0.2, 0) is 11.2 Å². The molecule has 0 bridgehead atoms. The average Bonchev–Trinajstić information content (AvgIpc) is 2.96. The molecule has 0 spiro atoms. The summed E-state index contributed by atoms with van der Waals surface area (Å²) >= 11 is 0. The molecule has 3 atom stereocenters. The van der Waals surface area contributed by atoms with Crippen molar-refractivity contribution >= 4 is 11.8 Å². The van der Waals surface area contributed by atoms with Crippen molar-refractivity contribution in [2.75, 3.05) is 32.9 Å². The van der Waals surface area contributed by atoms with Gasteiger partial charge < -0.3 is 29.2 Å². The summed E-state index contributed by atoms with van der Waals surface area (Å²) in [7, 11) is 0. The van der Waals surface area contributed by atoms with Crippen LogP contribution in [0.5, 0.6) is 23.0 Å². The molecule has 0 radical (unpaired) electrons. The van der Waals surface area contributed by atoms with Crippen molar-refractivity contribution in [1.29, 1.82) is 0 Å². The van der Waals surface area contributed by atoms with Gasteiger partial charge in [-0.05, 0) is 67.3 Å². The van der Waals surface area contributed by atoms with Crippen LogP contribution in [0.15, 0.2) is 60.7 Å². The molecule has 6 rings (SSSR count). The molecule has 3 aliphatic heterocycles. The van der Waals surface area contributed by atoms with E-state index >= 15 is 0 Å². The lowest BCUT2D eigenvalue weighted by atomic mass is 9.75. The van der Waals surface area contributed by atoms with Gasteiger partial charge in [-0.25, -0.2) is 0 Å². The van der Waals surface area contributed by atoms with E-state index in [1.807, 2.05) is 79.4 Å². The molecule has 8 heteroatoms. The van der Waals surface area contributed by atoms with Gasteiger partial charge in [0.05, 0.1) is 31.7 Å². The maximum absolute atomic E-state index is 14.0. The van der Waals surface area contributed by atoms with Crippen LogP contribution < -0.4 is 24.3 Å². The number of hydrogen-bond donors (Lipinski definition) is 1. The number of amides is 2. The molecule has 2 amide bonds. The van der Waals surface area contributed by atoms with Crippen LogP contribution in [0, 0.1) is 0 Å². The number of carbonyl (C=O) groups excluding carboxylic acids is 2. The number of hydrogen-bond acceptors (Lipinski definition) is 6. The summed E-state index contributed by atoms with van der Waals surface area (Å²) in [4.78, 5) is 29.5. The Kier molecular flexibility index (Phi) is 6.77. The molecule has 0 aromatic heterocycles. The van der Waals surface area contributed by atoms with E-state index in [1.54, 1.807) is 0 Å². The van der Waals surface area contributed by atoms with Crippen molar-refractivity contribution in [1.82, 2.24) is 10.2 Å².